The van der Waals surface area contributed by atoms with Crippen molar-refractivity contribution in [2.75, 3.05) is 0 Å². The van der Waals surface area contributed by atoms with E-state index in [1.165, 1.54) is 10.4 Å². The average Bonchev–Trinajstić information content (AvgIpc) is 2.87. The fraction of sp³-hybridized carbons (Fsp3) is 0.467. The number of rotatable bonds is 5. The standard InChI is InChI=1S/C15H21N5O/c1-10(2)12(4)16-14(21)9-20-18-15(17-19-20)13-7-5-11(3)6-8-13/h5-8,10,12H,9H2,1-4H3,(H,16,21)/t12-/m0/s1. The first-order valence-electron chi connectivity index (χ1n) is 7.10. The van der Waals surface area contributed by atoms with E-state index >= 15 is 0 Å². The molecule has 1 aromatic heterocycles. The van der Waals surface area contributed by atoms with Gasteiger partial charge in [-0.3, -0.25) is 4.79 Å². The molecule has 0 aliphatic rings. The van der Waals surface area contributed by atoms with Gasteiger partial charge >= 0.3 is 0 Å². The summed E-state index contributed by atoms with van der Waals surface area (Å²) in [6.07, 6.45) is 0. The molecule has 1 amide bonds. The lowest BCUT2D eigenvalue weighted by Gasteiger charge is -2.16. The maximum absolute atomic E-state index is 11.9. The first kappa shape index (κ1) is 15.2. The van der Waals surface area contributed by atoms with E-state index in [1.54, 1.807) is 0 Å². The molecule has 1 heterocycles. The molecule has 2 aromatic rings. The number of tetrazole rings is 1. The summed E-state index contributed by atoms with van der Waals surface area (Å²) < 4.78 is 0. The minimum Gasteiger partial charge on any atom is -0.352 e. The van der Waals surface area contributed by atoms with Crippen LogP contribution in [-0.4, -0.2) is 32.2 Å². The smallest absolute Gasteiger partial charge is 0.243 e. The monoisotopic (exact) mass is 287 g/mol. The summed E-state index contributed by atoms with van der Waals surface area (Å²) >= 11 is 0. The van der Waals surface area contributed by atoms with Crippen LogP contribution in [0.3, 0.4) is 0 Å². The number of hydrogen-bond donors (Lipinski definition) is 1. The molecule has 2 rings (SSSR count). The second-order valence-electron chi connectivity index (χ2n) is 5.61. The van der Waals surface area contributed by atoms with Gasteiger partial charge in [-0.2, -0.15) is 4.80 Å². The molecule has 0 saturated carbocycles. The molecule has 0 bridgehead atoms. The summed E-state index contributed by atoms with van der Waals surface area (Å²) in [7, 11) is 0. The first-order valence-corrected chi connectivity index (χ1v) is 7.10. The number of nitrogens with zero attached hydrogens (tertiary/aromatic N) is 4. The lowest BCUT2D eigenvalue weighted by Crippen LogP contribution is -2.38. The molecule has 6 nitrogen and oxygen atoms in total. The molecule has 21 heavy (non-hydrogen) atoms. The lowest BCUT2D eigenvalue weighted by molar-refractivity contribution is -0.123. The Bertz CT molecular complexity index is 603. The summed E-state index contributed by atoms with van der Waals surface area (Å²) in [5, 5.41) is 15.1. The summed E-state index contributed by atoms with van der Waals surface area (Å²) in [6, 6.07) is 7.99. The Morgan fingerprint density at radius 3 is 2.52 bits per heavy atom. The van der Waals surface area contributed by atoms with Crippen molar-refractivity contribution < 1.29 is 4.79 Å². The van der Waals surface area contributed by atoms with Gasteiger partial charge in [0, 0.05) is 11.6 Å². The zero-order valence-corrected chi connectivity index (χ0v) is 12.9. The van der Waals surface area contributed by atoms with Crippen LogP contribution < -0.4 is 5.32 Å². The van der Waals surface area contributed by atoms with Gasteiger partial charge in [-0.05, 0) is 25.0 Å². The summed E-state index contributed by atoms with van der Waals surface area (Å²) in [5.74, 6) is 0.810. The summed E-state index contributed by atoms with van der Waals surface area (Å²) in [4.78, 5) is 13.2. The number of amides is 1. The van der Waals surface area contributed by atoms with Gasteiger partial charge in [0.15, 0.2) is 0 Å². The van der Waals surface area contributed by atoms with Crippen LogP contribution in [-0.2, 0) is 11.3 Å². The topological polar surface area (TPSA) is 72.7 Å². The minimum atomic E-state index is -0.107. The zero-order chi connectivity index (χ0) is 15.4. The van der Waals surface area contributed by atoms with Crippen molar-refractivity contribution in [1.82, 2.24) is 25.5 Å². The van der Waals surface area contributed by atoms with Crippen LogP contribution in [0.25, 0.3) is 11.4 Å². The quantitative estimate of drug-likeness (QED) is 0.910. The Kier molecular flexibility index (Phi) is 4.67. The highest BCUT2D eigenvalue weighted by atomic mass is 16.2. The first-order chi connectivity index (χ1) is 9.95. The molecule has 0 saturated heterocycles. The zero-order valence-electron chi connectivity index (χ0n) is 12.9. The Hall–Kier alpha value is -2.24. The molecule has 0 fully saturated rings. The van der Waals surface area contributed by atoms with Gasteiger partial charge in [0.1, 0.15) is 6.54 Å². The maximum atomic E-state index is 11.9. The number of aromatic nitrogens is 4. The van der Waals surface area contributed by atoms with Gasteiger partial charge in [0.2, 0.25) is 11.7 Å². The summed E-state index contributed by atoms with van der Waals surface area (Å²) in [6.45, 7) is 8.21. The number of benzene rings is 1. The van der Waals surface area contributed by atoms with Gasteiger partial charge in [0.25, 0.3) is 0 Å². The van der Waals surface area contributed by atoms with Crippen LogP contribution in [0.4, 0.5) is 0 Å². The van der Waals surface area contributed by atoms with E-state index in [2.05, 4.69) is 34.6 Å². The van der Waals surface area contributed by atoms with E-state index in [9.17, 15) is 4.79 Å². The predicted molar refractivity (Wildman–Crippen MR) is 80.4 cm³/mol. The van der Waals surface area contributed by atoms with Gasteiger partial charge in [-0.25, -0.2) is 0 Å². The van der Waals surface area contributed by atoms with Crippen LogP contribution in [0.1, 0.15) is 26.3 Å². The van der Waals surface area contributed by atoms with Gasteiger partial charge in [-0.15, -0.1) is 10.2 Å². The van der Waals surface area contributed by atoms with Crippen molar-refractivity contribution in [3.8, 4) is 11.4 Å². The second kappa shape index (κ2) is 6.47. The molecule has 0 spiro atoms. The fourth-order valence-electron chi connectivity index (χ4n) is 1.72. The average molecular weight is 287 g/mol. The number of carbonyl (C=O) groups is 1. The Morgan fingerprint density at radius 2 is 1.90 bits per heavy atom. The highest BCUT2D eigenvalue weighted by Gasteiger charge is 2.13. The molecule has 1 aromatic carbocycles. The molecular weight excluding hydrogens is 266 g/mol. The Balaban J connectivity index is 2.00. The van der Waals surface area contributed by atoms with Gasteiger partial charge in [-0.1, -0.05) is 43.7 Å². The van der Waals surface area contributed by atoms with Crippen molar-refractivity contribution >= 4 is 5.91 Å². The van der Waals surface area contributed by atoms with E-state index < -0.39 is 0 Å². The molecule has 6 heteroatoms. The SMILES string of the molecule is Cc1ccc(-c2nnn(CC(=O)N[C@@H](C)C(C)C)n2)cc1. The third kappa shape index (κ3) is 4.11. The minimum absolute atomic E-state index is 0.0793. The lowest BCUT2D eigenvalue weighted by atomic mass is 10.1. The van der Waals surface area contributed by atoms with Crippen molar-refractivity contribution in [3.05, 3.63) is 29.8 Å². The molecule has 1 atom stereocenters. The normalized spacial score (nSPS) is 12.4. The van der Waals surface area contributed by atoms with E-state index in [4.69, 9.17) is 0 Å². The van der Waals surface area contributed by atoms with E-state index in [0.29, 0.717) is 11.7 Å². The number of hydrogen-bond acceptors (Lipinski definition) is 4. The summed E-state index contributed by atoms with van der Waals surface area (Å²) in [5.41, 5.74) is 2.07. The van der Waals surface area contributed by atoms with Crippen LogP contribution in [0.2, 0.25) is 0 Å². The van der Waals surface area contributed by atoms with Gasteiger partial charge in [0.05, 0.1) is 0 Å². The van der Waals surface area contributed by atoms with E-state index in [0.717, 1.165) is 5.56 Å². The largest absolute Gasteiger partial charge is 0.352 e. The third-order valence-electron chi connectivity index (χ3n) is 3.44. The van der Waals surface area contributed by atoms with Crippen LogP contribution in [0.5, 0.6) is 0 Å². The fourth-order valence-corrected chi connectivity index (χ4v) is 1.72. The number of aryl methyl sites for hydroxylation is 1. The van der Waals surface area contributed by atoms with E-state index in [1.807, 2.05) is 38.1 Å². The molecule has 112 valence electrons. The van der Waals surface area contributed by atoms with Crippen LogP contribution in [0.15, 0.2) is 24.3 Å². The molecule has 0 unspecified atom stereocenters. The molecule has 0 aliphatic carbocycles. The molecule has 1 N–H and O–H groups in total. The predicted octanol–water partition coefficient (Wildman–Crippen LogP) is 1.81. The second-order valence-corrected chi connectivity index (χ2v) is 5.61. The Morgan fingerprint density at radius 1 is 1.24 bits per heavy atom. The highest BCUT2D eigenvalue weighted by Crippen LogP contribution is 2.13. The molecular formula is C15H21N5O. The van der Waals surface area contributed by atoms with Crippen LogP contribution in [0, 0.1) is 12.8 Å². The van der Waals surface area contributed by atoms with Crippen molar-refractivity contribution in [2.24, 2.45) is 5.92 Å². The maximum Gasteiger partial charge on any atom is 0.243 e. The Labute approximate surface area is 124 Å². The van der Waals surface area contributed by atoms with E-state index in [-0.39, 0.29) is 18.5 Å². The van der Waals surface area contributed by atoms with Crippen molar-refractivity contribution in [1.29, 1.82) is 0 Å². The number of nitrogens with one attached hydrogen (secondary N) is 1. The molecule has 0 aliphatic heterocycles. The highest BCUT2D eigenvalue weighted by molar-refractivity contribution is 5.75. The molecule has 0 radical (unpaired) electrons. The van der Waals surface area contributed by atoms with Crippen molar-refractivity contribution in [3.63, 3.8) is 0 Å². The third-order valence-corrected chi connectivity index (χ3v) is 3.44. The number of carbonyl (C=O) groups excluding carboxylic acids is 1. The van der Waals surface area contributed by atoms with Crippen LogP contribution >= 0.6 is 0 Å². The van der Waals surface area contributed by atoms with Gasteiger partial charge < -0.3 is 5.32 Å². The van der Waals surface area contributed by atoms with Crippen molar-refractivity contribution in [2.45, 2.75) is 40.3 Å².